The molecular formula is C33H37N9O2. The van der Waals surface area contributed by atoms with E-state index in [1.807, 2.05) is 59.1 Å². The van der Waals surface area contributed by atoms with Crippen LogP contribution in [0.25, 0.3) is 11.2 Å². The first kappa shape index (κ1) is 28.0. The third-order valence-corrected chi connectivity index (χ3v) is 8.72. The summed E-state index contributed by atoms with van der Waals surface area (Å²) in [6, 6.07) is 11.9. The molecule has 2 aliphatic heterocycles. The van der Waals surface area contributed by atoms with E-state index >= 15 is 0 Å². The van der Waals surface area contributed by atoms with Crippen LogP contribution in [0.3, 0.4) is 0 Å². The monoisotopic (exact) mass is 591 g/mol. The lowest BCUT2D eigenvalue weighted by molar-refractivity contribution is -0.127. The molecule has 0 atom stereocenters. The average molecular weight is 592 g/mol. The number of anilines is 2. The van der Waals surface area contributed by atoms with E-state index in [0.717, 1.165) is 79.5 Å². The van der Waals surface area contributed by atoms with Gasteiger partial charge in [-0.15, -0.1) is 0 Å². The van der Waals surface area contributed by atoms with Gasteiger partial charge >= 0.3 is 0 Å². The second-order valence-electron chi connectivity index (χ2n) is 11.7. The maximum absolute atomic E-state index is 12.9. The third kappa shape index (κ3) is 6.00. The van der Waals surface area contributed by atoms with Gasteiger partial charge in [-0.05, 0) is 93.1 Å². The Kier molecular flexibility index (Phi) is 7.93. The van der Waals surface area contributed by atoms with Crippen LogP contribution < -0.4 is 10.1 Å². The van der Waals surface area contributed by atoms with Crippen LogP contribution in [-0.2, 0) is 4.79 Å². The normalized spacial score (nSPS) is 16.7. The molecule has 2 aliphatic rings. The van der Waals surface area contributed by atoms with E-state index in [1.165, 1.54) is 31.2 Å². The lowest BCUT2D eigenvalue weighted by atomic mass is 9.90. The van der Waals surface area contributed by atoms with E-state index in [0.29, 0.717) is 11.7 Å². The molecule has 2 fully saturated rings. The summed E-state index contributed by atoms with van der Waals surface area (Å²) in [5.41, 5.74) is 4.80. The SMILES string of the molecule is Cc1cc(Nc2ncnn3ccc(C4CCN(C(=O)/C=C/CN5CCCCC5)CC4)c23)ccc1Oc1ccn2ncnc2c1. The number of carbonyl (C=O) groups is 1. The molecule has 0 bridgehead atoms. The molecule has 0 aliphatic carbocycles. The standard InChI is InChI=1S/C33H37N9O2/c1-24-20-26(7-8-29(24)44-27-11-18-41-30(21-27)34-22-36-41)38-33-32-28(12-19-42(32)37-23-35-33)25-9-16-40(17-10-25)31(43)6-5-15-39-13-3-2-4-14-39/h5-8,11-12,18-23,25H,2-4,9-10,13-17H2,1H3,(H,35,37,38)/b6-5+. The van der Waals surface area contributed by atoms with Gasteiger partial charge in [-0.2, -0.15) is 10.2 Å². The Morgan fingerprint density at radius 2 is 1.75 bits per heavy atom. The van der Waals surface area contributed by atoms with Crippen molar-refractivity contribution in [1.29, 1.82) is 0 Å². The molecule has 1 amide bonds. The fourth-order valence-corrected chi connectivity index (χ4v) is 6.33. The van der Waals surface area contributed by atoms with Gasteiger partial charge in [0.2, 0.25) is 5.91 Å². The topological polar surface area (TPSA) is 105 Å². The summed E-state index contributed by atoms with van der Waals surface area (Å²) in [6.07, 6.45) is 16.4. The van der Waals surface area contributed by atoms with Crippen LogP contribution in [0.15, 0.2) is 73.6 Å². The van der Waals surface area contributed by atoms with Crippen LogP contribution in [0.5, 0.6) is 11.5 Å². The zero-order valence-electron chi connectivity index (χ0n) is 25.0. The average Bonchev–Trinajstić information content (AvgIpc) is 3.71. The van der Waals surface area contributed by atoms with E-state index < -0.39 is 0 Å². The van der Waals surface area contributed by atoms with Crippen LogP contribution in [0, 0.1) is 6.92 Å². The molecule has 2 saturated heterocycles. The Hall–Kier alpha value is -4.77. The van der Waals surface area contributed by atoms with Gasteiger partial charge in [0, 0.05) is 49.9 Å². The number of aromatic nitrogens is 6. The van der Waals surface area contributed by atoms with Crippen LogP contribution in [0.4, 0.5) is 11.5 Å². The molecule has 226 valence electrons. The first-order chi connectivity index (χ1) is 21.6. The number of nitrogens with one attached hydrogen (secondary N) is 1. The maximum atomic E-state index is 12.9. The van der Waals surface area contributed by atoms with E-state index in [1.54, 1.807) is 16.9 Å². The van der Waals surface area contributed by atoms with Gasteiger partial charge in [-0.3, -0.25) is 9.69 Å². The Morgan fingerprint density at radius 1 is 0.955 bits per heavy atom. The van der Waals surface area contributed by atoms with Gasteiger partial charge in [0.05, 0.1) is 0 Å². The summed E-state index contributed by atoms with van der Waals surface area (Å²) in [5, 5.41) is 12.1. The molecule has 7 rings (SSSR count). The fraction of sp³-hybridized carbons (Fsp3) is 0.364. The third-order valence-electron chi connectivity index (χ3n) is 8.72. The highest BCUT2D eigenvalue weighted by atomic mass is 16.5. The molecule has 11 heteroatoms. The maximum Gasteiger partial charge on any atom is 0.246 e. The number of nitrogens with zero attached hydrogens (tertiary/aromatic N) is 8. The van der Waals surface area contributed by atoms with Gasteiger partial charge in [0.15, 0.2) is 11.5 Å². The fourth-order valence-electron chi connectivity index (χ4n) is 6.33. The number of rotatable bonds is 8. The van der Waals surface area contributed by atoms with E-state index in [9.17, 15) is 4.79 Å². The Morgan fingerprint density at radius 3 is 2.59 bits per heavy atom. The number of pyridine rings is 1. The zero-order chi connectivity index (χ0) is 29.9. The van der Waals surface area contributed by atoms with E-state index in [2.05, 4.69) is 42.5 Å². The summed E-state index contributed by atoms with van der Waals surface area (Å²) in [6.45, 7) is 6.65. The number of carbonyl (C=O) groups excluding carboxylic acids is 1. The minimum absolute atomic E-state index is 0.120. The first-order valence-corrected chi connectivity index (χ1v) is 15.5. The first-order valence-electron chi connectivity index (χ1n) is 15.5. The molecule has 44 heavy (non-hydrogen) atoms. The molecule has 5 aromatic rings. The number of benzene rings is 1. The predicted octanol–water partition coefficient (Wildman–Crippen LogP) is 5.36. The van der Waals surface area contributed by atoms with Crippen molar-refractivity contribution in [3.63, 3.8) is 0 Å². The molecule has 0 unspecified atom stereocenters. The Labute approximate surface area is 256 Å². The predicted molar refractivity (Wildman–Crippen MR) is 168 cm³/mol. The van der Waals surface area contributed by atoms with Crippen LogP contribution in [0.2, 0.25) is 0 Å². The minimum atomic E-state index is 0.120. The van der Waals surface area contributed by atoms with Crippen molar-refractivity contribution in [2.24, 2.45) is 0 Å². The summed E-state index contributed by atoms with van der Waals surface area (Å²) in [5.74, 6) is 2.66. The van der Waals surface area contributed by atoms with Gasteiger partial charge < -0.3 is 15.0 Å². The number of aryl methyl sites for hydroxylation is 1. The van der Waals surface area contributed by atoms with Gasteiger partial charge in [-0.1, -0.05) is 12.5 Å². The van der Waals surface area contributed by atoms with Gasteiger partial charge in [0.1, 0.15) is 29.7 Å². The second kappa shape index (κ2) is 12.5. The van der Waals surface area contributed by atoms with Crippen molar-refractivity contribution in [2.45, 2.75) is 44.9 Å². The van der Waals surface area contributed by atoms with Crippen molar-refractivity contribution in [1.82, 2.24) is 39.0 Å². The quantitative estimate of drug-likeness (QED) is 0.240. The van der Waals surface area contributed by atoms with Gasteiger partial charge in [-0.25, -0.2) is 19.0 Å². The molecule has 6 heterocycles. The minimum Gasteiger partial charge on any atom is -0.457 e. The summed E-state index contributed by atoms with van der Waals surface area (Å²) in [7, 11) is 0. The van der Waals surface area contributed by atoms with Crippen molar-refractivity contribution in [3.05, 3.63) is 84.7 Å². The highest BCUT2D eigenvalue weighted by molar-refractivity contribution is 5.87. The van der Waals surface area contributed by atoms with Crippen molar-refractivity contribution < 1.29 is 9.53 Å². The Balaban J connectivity index is 1.01. The summed E-state index contributed by atoms with van der Waals surface area (Å²) >= 11 is 0. The van der Waals surface area contributed by atoms with Gasteiger partial charge in [0.25, 0.3) is 0 Å². The number of hydrogen-bond donors (Lipinski definition) is 1. The number of piperidine rings is 2. The smallest absolute Gasteiger partial charge is 0.246 e. The highest BCUT2D eigenvalue weighted by Gasteiger charge is 2.26. The van der Waals surface area contributed by atoms with E-state index in [-0.39, 0.29) is 5.91 Å². The number of likely N-dealkylation sites (tertiary alicyclic amines) is 2. The largest absolute Gasteiger partial charge is 0.457 e. The second-order valence-corrected chi connectivity index (χ2v) is 11.7. The molecule has 0 saturated carbocycles. The molecule has 4 aromatic heterocycles. The van der Waals surface area contributed by atoms with Crippen LogP contribution in [0.1, 0.15) is 49.1 Å². The summed E-state index contributed by atoms with van der Waals surface area (Å²) < 4.78 is 9.73. The van der Waals surface area contributed by atoms with Crippen molar-refractivity contribution in [3.8, 4) is 11.5 Å². The lowest BCUT2D eigenvalue weighted by Crippen LogP contribution is -2.37. The number of fused-ring (bicyclic) bond motifs is 2. The lowest BCUT2D eigenvalue weighted by Gasteiger charge is -2.31. The van der Waals surface area contributed by atoms with Crippen LogP contribution in [-0.4, -0.2) is 77.6 Å². The molecule has 0 spiro atoms. The van der Waals surface area contributed by atoms with Crippen LogP contribution >= 0.6 is 0 Å². The highest BCUT2D eigenvalue weighted by Crippen LogP contribution is 2.35. The number of ether oxygens (including phenoxy) is 1. The number of hydrogen-bond acceptors (Lipinski definition) is 8. The number of amides is 1. The summed E-state index contributed by atoms with van der Waals surface area (Å²) in [4.78, 5) is 26.1. The molecule has 1 aromatic carbocycles. The van der Waals surface area contributed by atoms with Crippen molar-refractivity contribution in [2.75, 3.05) is 38.0 Å². The molecule has 1 N–H and O–H groups in total. The van der Waals surface area contributed by atoms with E-state index in [4.69, 9.17) is 4.74 Å². The van der Waals surface area contributed by atoms with Crippen molar-refractivity contribution >= 4 is 28.6 Å². The zero-order valence-corrected chi connectivity index (χ0v) is 25.0. The molecule has 0 radical (unpaired) electrons. The molecular weight excluding hydrogens is 554 g/mol. The molecule has 11 nitrogen and oxygen atoms in total. The Bertz CT molecular complexity index is 1800.